The number of carbonyl (C=O) groups is 3. The van der Waals surface area contributed by atoms with Gasteiger partial charge in [-0.2, -0.15) is 0 Å². The fourth-order valence-electron chi connectivity index (χ4n) is 9.31. The summed E-state index contributed by atoms with van der Waals surface area (Å²) < 4.78 is 0. The largest absolute Gasteiger partial charge is 0.373 e. The summed E-state index contributed by atoms with van der Waals surface area (Å²) in [6.45, 7) is 5.89. The quantitative estimate of drug-likeness (QED) is 0.325. The molecule has 40 heavy (non-hydrogen) atoms. The van der Waals surface area contributed by atoms with E-state index in [2.05, 4.69) is 24.7 Å². The minimum Gasteiger partial charge on any atom is -0.373 e. The molecular weight excluding hydrogens is 504 g/mol. The highest BCUT2D eigenvalue weighted by Crippen LogP contribution is 2.42. The molecule has 8 nitrogen and oxygen atoms in total. The lowest BCUT2D eigenvalue weighted by molar-refractivity contribution is -0.141. The van der Waals surface area contributed by atoms with Crippen LogP contribution < -0.4 is 10.9 Å². The van der Waals surface area contributed by atoms with E-state index in [0.717, 1.165) is 89.9 Å². The normalized spacial score (nSPS) is 44.2. The number of imide groups is 1. The molecule has 0 spiro atoms. The maximum absolute atomic E-state index is 13.1. The fraction of sp³-hybridized carbons (Fsp3) is 0.906. The molecule has 11 unspecified atom stereocenters. The number of aliphatic hydroxyl groups excluding tert-OH is 1. The molecule has 4 saturated carbocycles. The lowest BCUT2D eigenvalue weighted by Crippen LogP contribution is -2.55. The molecule has 4 aliphatic carbocycles. The average Bonchev–Trinajstić information content (AvgIpc) is 3.35. The fourth-order valence-corrected chi connectivity index (χ4v) is 9.31. The predicted octanol–water partition coefficient (Wildman–Crippen LogP) is 3.83. The standard InChI is InChI=1S/C32H52N4O4/c1-19-11-13-21(17-35-29(37)23-7-3-4-8-24(23)30(35)38)15-27(19)33-34-28-16-22(14-12-20(28)2)18-36-31(39)25-9-5-6-10-26(25)32(36)40/h19-29,33-34,37H,3-18H2,1-2H3. The van der Waals surface area contributed by atoms with Gasteiger partial charge in [-0.05, 0) is 87.9 Å². The van der Waals surface area contributed by atoms with Crippen LogP contribution in [0.4, 0.5) is 0 Å². The van der Waals surface area contributed by atoms with Crippen molar-refractivity contribution in [3.63, 3.8) is 0 Å². The van der Waals surface area contributed by atoms with E-state index in [-0.39, 0.29) is 41.4 Å². The van der Waals surface area contributed by atoms with Crippen molar-refractivity contribution in [1.29, 1.82) is 0 Å². The van der Waals surface area contributed by atoms with Gasteiger partial charge in [0.25, 0.3) is 0 Å². The molecule has 0 aromatic heterocycles. The van der Waals surface area contributed by atoms with Crippen LogP contribution in [0.3, 0.4) is 0 Å². The highest BCUT2D eigenvalue weighted by atomic mass is 16.3. The molecule has 3 amide bonds. The van der Waals surface area contributed by atoms with Crippen LogP contribution >= 0.6 is 0 Å². The van der Waals surface area contributed by atoms with E-state index in [1.54, 1.807) is 4.90 Å². The number of rotatable bonds is 7. The second-order valence-corrected chi connectivity index (χ2v) is 14.6. The first kappa shape index (κ1) is 28.6. The molecule has 11 atom stereocenters. The zero-order valence-corrected chi connectivity index (χ0v) is 24.7. The Morgan fingerprint density at radius 2 is 1.15 bits per heavy atom. The summed E-state index contributed by atoms with van der Waals surface area (Å²) in [6, 6.07) is 0.639. The number of amides is 3. The molecule has 8 heteroatoms. The number of carbonyl (C=O) groups excluding carboxylic acids is 3. The van der Waals surface area contributed by atoms with Gasteiger partial charge in [0, 0.05) is 37.0 Å². The Bertz CT molecular complexity index is 935. The van der Waals surface area contributed by atoms with Crippen molar-refractivity contribution in [3.05, 3.63) is 0 Å². The van der Waals surface area contributed by atoms with Gasteiger partial charge in [0.2, 0.25) is 17.7 Å². The molecule has 2 aliphatic heterocycles. The summed E-state index contributed by atoms with van der Waals surface area (Å²) in [4.78, 5) is 42.6. The van der Waals surface area contributed by atoms with Gasteiger partial charge in [-0.1, -0.05) is 39.5 Å². The van der Waals surface area contributed by atoms with Crippen LogP contribution in [0.1, 0.15) is 104 Å². The summed E-state index contributed by atoms with van der Waals surface area (Å²) in [5, 5.41) is 11.0. The summed E-state index contributed by atoms with van der Waals surface area (Å²) >= 11 is 0. The summed E-state index contributed by atoms with van der Waals surface area (Å²) in [5.74, 6) is 2.28. The van der Waals surface area contributed by atoms with Crippen LogP contribution in [0.15, 0.2) is 0 Å². The zero-order chi connectivity index (χ0) is 28.0. The Kier molecular flexibility index (Phi) is 8.58. The van der Waals surface area contributed by atoms with Gasteiger partial charge >= 0.3 is 0 Å². The van der Waals surface area contributed by atoms with E-state index in [1.807, 2.05) is 4.90 Å². The van der Waals surface area contributed by atoms with Crippen molar-refractivity contribution in [3.8, 4) is 0 Å². The number of hydrogen-bond donors (Lipinski definition) is 3. The Morgan fingerprint density at radius 1 is 0.650 bits per heavy atom. The molecule has 6 fully saturated rings. The Hall–Kier alpha value is -1.51. The van der Waals surface area contributed by atoms with Crippen LogP contribution in [0.5, 0.6) is 0 Å². The number of hydrazine groups is 1. The van der Waals surface area contributed by atoms with Gasteiger partial charge in [-0.3, -0.25) is 30.1 Å². The SMILES string of the molecule is CC1CCC(CN2C(=O)C3CCCCC3C2=O)CC1NNC1CC(CN2C(=O)C3CCCCC3C2O)CCC1C. The predicted molar refractivity (Wildman–Crippen MR) is 152 cm³/mol. The Balaban J connectivity index is 1.01. The maximum Gasteiger partial charge on any atom is 0.233 e. The molecule has 0 aromatic rings. The van der Waals surface area contributed by atoms with E-state index < -0.39 is 6.23 Å². The van der Waals surface area contributed by atoms with Crippen molar-refractivity contribution in [2.24, 2.45) is 47.3 Å². The molecule has 224 valence electrons. The second-order valence-electron chi connectivity index (χ2n) is 14.6. The van der Waals surface area contributed by atoms with Gasteiger partial charge in [0.15, 0.2) is 0 Å². The van der Waals surface area contributed by atoms with Gasteiger partial charge in [0.05, 0.1) is 11.8 Å². The number of fused-ring (bicyclic) bond motifs is 2. The molecule has 2 heterocycles. The first-order valence-corrected chi connectivity index (χ1v) is 16.7. The van der Waals surface area contributed by atoms with Gasteiger partial charge < -0.3 is 10.0 Å². The number of nitrogens with zero attached hydrogens (tertiary/aromatic N) is 2. The van der Waals surface area contributed by atoms with Crippen molar-refractivity contribution >= 4 is 17.7 Å². The molecule has 2 saturated heterocycles. The molecule has 6 aliphatic rings. The van der Waals surface area contributed by atoms with E-state index in [4.69, 9.17) is 0 Å². The molecule has 3 N–H and O–H groups in total. The third-order valence-corrected chi connectivity index (χ3v) is 12.0. The second kappa shape index (κ2) is 12.0. The minimum absolute atomic E-state index is 0.0396. The minimum atomic E-state index is -0.597. The summed E-state index contributed by atoms with van der Waals surface area (Å²) in [6.07, 6.45) is 13.9. The van der Waals surface area contributed by atoms with Crippen LogP contribution in [0.2, 0.25) is 0 Å². The lowest BCUT2D eigenvalue weighted by Gasteiger charge is -2.40. The number of hydrogen-bond acceptors (Lipinski definition) is 6. The average molecular weight is 557 g/mol. The highest BCUT2D eigenvalue weighted by Gasteiger charge is 2.50. The van der Waals surface area contributed by atoms with Crippen LogP contribution in [-0.2, 0) is 14.4 Å². The van der Waals surface area contributed by atoms with Crippen LogP contribution in [0, 0.1) is 47.3 Å². The topological polar surface area (TPSA) is 102 Å². The maximum atomic E-state index is 13.1. The van der Waals surface area contributed by atoms with Crippen LogP contribution in [-0.4, -0.2) is 64.0 Å². The molecular formula is C32H52N4O4. The van der Waals surface area contributed by atoms with Crippen molar-refractivity contribution in [1.82, 2.24) is 20.7 Å². The van der Waals surface area contributed by atoms with E-state index in [9.17, 15) is 19.5 Å². The van der Waals surface area contributed by atoms with Gasteiger partial charge in [0.1, 0.15) is 6.23 Å². The number of nitrogens with one attached hydrogen (secondary N) is 2. The van der Waals surface area contributed by atoms with Gasteiger partial charge in [-0.15, -0.1) is 0 Å². The van der Waals surface area contributed by atoms with E-state index in [0.29, 0.717) is 48.8 Å². The van der Waals surface area contributed by atoms with E-state index in [1.165, 1.54) is 0 Å². The summed E-state index contributed by atoms with van der Waals surface area (Å²) in [7, 11) is 0. The van der Waals surface area contributed by atoms with Gasteiger partial charge in [-0.25, -0.2) is 0 Å². The third-order valence-electron chi connectivity index (χ3n) is 12.0. The molecule has 0 radical (unpaired) electrons. The number of likely N-dealkylation sites (tertiary alicyclic amines) is 2. The first-order valence-electron chi connectivity index (χ1n) is 16.7. The third kappa shape index (κ3) is 5.49. The Morgan fingerprint density at radius 3 is 1.70 bits per heavy atom. The smallest absolute Gasteiger partial charge is 0.233 e. The van der Waals surface area contributed by atoms with Crippen molar-refractivity contribution in [2.45, 2.75) is 122 Å². The monoisotopic (exact) mass is 556 g/mol. The molecule has 0 bridgehead atoms. The van der Waals surface area contributed by atoms with E-state index >= 15 is 0 Å². The number of aliphatic hydroxyl groups is 1. The zero-order valence-electron chi connectivity index (χ0n) is 24.7. The molecule has 0 aromatic carbocycles. The highest BCUT2D eigenvalue weighted by molar-refractivity contribution is 6.05. The lowest BCUT2D eigenvalue weighted by atomic mass is 9.78. The first-order chi connectivity index (χ1) is 19.3. The Labute approximate surface area is 240 Å². The molecule has 6 rings (SSSR count). The summed E-state index contributed by atoms with van der Waals surface area (Å²) in [5.41, 5.74) is 7.41. The van der Waals surface area contributed by atoms with Crippen molar-refractivity contribution < 1.29 is 19.5 Å². The van der Waals surface area contributed by atoms with Crippen LogP contribution in [0.25, 0.3) is 0 Å². The van der Waals surface area contributed by atoms with Crippen molar-refractivity contribution in [2.75, 3.05) is 13.1 Å².